The Kier molecular flexibility index (Phi) is 9.94. The largest absolute Gasteiger partial charge is 0.444 e. The average molecular weight is 570 g/mol. The van der Waals surface area contributed by atoms with Crippen LogP contribution in [0.1, 0.15) is 90.5 Å². The first-order valence-corrected chi connectivity index (χ1v) is 15.2. The Bertz CT molecular complexity index is 1290. The van der Waals surface area contributed by atoms with Crippen molar-refractivity contribution in [2.24, 2.45) is 13.0 Å². The number of hydrogen-bond acceptors (Lipinski definition) is 6. The number of para-hydroxylation sites is 1. The molecule has 1 aromatic carbocycles. The van der Waals surface area contributed by atoms with Crippen LogP contribution in [0.5, 0.6) is 0 Å². The first-order chi connectivity index (χ1) is 19.4. The van der Waals surface area contributed by atoms with Gasteiger partial charge in [-0.05, 0) is 102 Å². The van der Waals surface area contributed by atoms with Crippen LogP contribution in [-0.2, 0) is 27.9 Å². The van der Waals surface area contributed by atoms with E-state index in [1.807, 2.05) is 39.8 Å². The number of rotatable bonds is 8. The van der Waals surface area contributed by atoms with Gasteiger partial charge in [0.05, 0.1) is 11.0 Å². The van der Waals surface area contributed by atoms with Crippen molar-refractivity contribution in [2.45, 2.75) is 103 Å². The Morgan fingerprint density at radius 3 is 2.32 bits per heavy atom. The second-order valence-corrected chi connectivity index (χ2v) is 12.8. The third-order valence-electron chi connectivity index (χ3n) is 8.36. The van der Waals surface area contributed by atoms with Gasteiger partial charge in [0.25, 0.3) is 0 Å². The molecule has 0 radical (unpaired) electrons. The fourth-order valence-electron chi connectivity index (χ4n) is 6.38. The number of nitrogens with one attached hydrogen (secondary N) is 2. The minimum atomic E-state index is -0.483. The number of carbonyl (C=O) groups excluding carboxylic acids is 3. The van der Waals surface area contributed by atoms with Crippen molar-refractivity contribution in [3.63, 3.8) is 0 Å². The minimum absolute atomic E-state index is 0.178. The van der Waals surface area contributed by atoms with Gasteiger partial charge in [0, 0.05) is 26.1 Å². The minimum Gasteiger partial charge on any atom is -0.444 e. The van der Waals surface area contributed by atoms with Gasteiger partial charge in [-0.2, -0.15) is 0 Å². The summed E-state index contributed by atoms with van der Waals surface area (Å²) in [5.74, 6) is 0.192. The van der Waals surface area contributed by atoms with E-state index in [2.05, 4.69) is 21.6 Å². The lowest BCUT2D eigenvalue weighted by atomic mass is 9.84. The van der Waals surface area contributed by atoms with Crippen LogP contribution in [0, 0.1) is 5.92 Å². The fraction of sp³-hybridized carbons (Fsp3) is 0.677. The van der Waals surface area contributed by atoms with Gasteiger partial charge in [-0.3, -0.25) is 24.0 Å². The van der Waals surface area contributed by atoms with E-state index < -0.39 is 11.5 Å². The number of carbonyl (C=O) groups is 3. The molecule has 2 aromatic rings. The van der Waals surface area contributed by atoms with Crippen molar-refractivity contribution in [3.8, 4) is 0 Å². The molecule has 2 heterocycles. The molecule has 1 aromatic heterocycles. The standard InChI is InChI=1S/C31H47N5O5/c1-6-8-26(37)33-27(38)20-36-25-10-7-9-24(28(25)34(5)30(36)40)22-15-17-35(18-16-22)19-21-11-13-23(14-12-21)32-29(39)41-31(2,3)4/h7,9-10,21-23H,6,8,11-20H2,1-5H3,(H,32,39)(H,33,37,38)/t21-,23-. The maximum Gasteiger partial charge on any atom is 0.407 e. The number of aryl methyl sites for hydroxylation is 1. The fourth-order valence-corrected chi connectivity index (χ4v) is 6.38. The molecular weight excluding hydrogens is 522 g/mol. The molecule has 10 nitrogen and oxygen atoms in total. The van der Waals surface area contributed by atoms with Crippen molar-refractivity contribution < 1.29 is 19.1 Å². The van der Waals surface area contributed by atoms with Gasteiger partial charge in [-0.1, -0.05) is 19.1 Å². The molecule has 2 N–H and O–H groups in total. The van der Waals surface area contributed by atoms with Gasteiger partial charge < -0.3 is 15.0 Å². The lowest BCUT2D eigenvalue weighted by molar-refractivity contribution is -0.130. The SMILES string of the molecule is CCCC(=O)NC(=O)Cn1c(=O)n(C)c2c(C3CCN(C[C@H]4CC[C@H](NC(=O)OC(C)(C)C)CC4)CC3)cccc21. The van der Waals surface area contributed by atoms with Gasteiger partial charge in [0.2, 0.25) is 11.8 Å². The van der Waals surface area contributed by atoms with E-state index in [0.29, 0.717) is 18.3 Å². The molecule has 226 valence electrons. The number of imide groups is 1. The zero-order valence-electron chi connectivity index (χ0n) is 25.3. The normalized spacial score (nSPS) is 20.6. The first-order valence-electron chi connectivity index (χ1n) is 15.2. The van der Waals surface area contributed by atoms with Crippen LogP contribution in [0.3, 0.4) is 0 Å². The molecule has 0 unspecified atom stereocenters. The third-order valence-corrected chi connectivity index (χ3v) is 8.36. The van der Waals surface area contributed by atoms with E-state index in [0.717, 1.165) is 74.8 Å². The molecule has 2 fully saturated rings. The second-order valence-electron chi connectivity index (χ2n) is 12.8. The number of benzene rings is 1. The van der Waals surface area contributed by atoms with Crippen LogP contribution < -0.4 is 16.3 Å². The molecule has 10 heteroatoms. The molecule has 1 saturated heterocycles. The van der Waals surface area contributed by atoms with Gasteiger partial charge in [0.1, 0.15) is 12.1 Å². The number of imidazole rings is 1. The number of fused-ring (bicyclic) bond motifs is 1. The van der Waals surface area contributed by atoms with Gasteiger partial charge >= 0.3 is 11.8 Å². The molecule has 41 heavy (non-hydrogen) atoms. The summed E-state index contributed by atoms with van der Waals surface area (Å²) >= 11 is 0. The average Bonchev–Trinajstić information content (AvgIpc) is 3.14. The summed E-state index contributed by atoms with van der Waals surface area (Å²) in [5.41, 5.74) is 2.02. The van der Waals surface area contributed by atoms with Crippen LogP contribution in [0.2, 0.25) is 0 Å². The highest BCUT2D eigenvalue weighted by Gasteiger charge is 2.29. The number of piperidine rings is 1. The Labute approximate surface area is 242 Å². The predicted octanol–water partition coefficient (Wildman–Crippen LogP) is 4.05. The van der Waals surface area contributed by atoms with Crippen molar-refractivity contribution in [1.82, 2.24) is 24.7 Å². The maximum absolute atomic E-state index is 13.1. The number of nitrogens with zero attached hydrogens (tertiary/aromatic N) is 3. The van der Waals surface area contributed by atoms with E-state index in [1.165, 1.54) is 4.57 Å². The van der Waals surface area contributed by atoms with Crippen LogP contribution in [0.15, 0.2) is 23.0 Å². The smallest absolute Gasteiger partial charge is 0.407 e. The van der Waals surface area contributed by atoms with Crippen molar-refractivity contribution >= 4 is 28.9 Å². The number of amides is 3. The van der Waals surface area contributed by atoms with Crippen molar-refractivity contribution in [3.05, 3.63) is 34.2 Å². The van der Waals surface area contributed by atoms with Gasteiger partial charge in [-0.25, -0.2) is 9.59 Å². The van der Waals surface area contributed by atoms with Crippen LogP contribution in [-0.4, -0.2) is 63.2 Å². The number of likely N-dealkylation sites (tertiary alicyclic amines) is 1. The molecular formula is C31H47N5O5. The molecule has 2 aliphatic rings. The summed E-state index contributed by atoms with van der Waals surface area (Å²) in [4.78, 5) is 52.1. The van der Waals surface area contributed by atoms with E-state index in [9.17, 15) is 19.2 Å². The number of hydrogen-bond donors (Lipinski definition) is 2. The summed E-state index contributed by atoms with van der Waals surface area (Å²) in [5, 5.41) is 5.42. The van der Waals surface area contributed by atoms with E-state index >= 15 is 0 Å². The highest BCUT2D eigenvalue weighted by Crippen LogP contribution is 2.34. The second kappa shape index (κ2) is 13.2. The summed E-state index contributed by atoms with van der Waals surface area (Å²) in [6, 6.07) is 6.14. The van der Waals surface area contributed by atoms with Gasteiger partial charge in [-0.15, -0.1) is 0 Å². The Hall–Kier alpha value is -3.14. The first kappa shape index (κ1) is 30.8. The van der Waals surface area contributed by atoms with Crippen LogP contribution in [0.4, 0.5) is 4.79 Å². The molecule has 4 rings (SSSR count). The van der Waals surface area contributed by atoms with Crippen LogP contribution in [0.25, 0.3) is 11.0 Å². The van der Waals surface area contributed by atoms with Crippen molar-refractivity contribution in [1.29, 1.82) is 0 Å². The summed E-state index contributed by atoms with van der Waals surface area (Å²) in [7, 11) is 1.76. The quantitative estimate of drug-likeness (QED) is 0.496. The summed E-state index contributed by atoms with van der Waals surface area (Å²) < 4.78 is 8.52. The zero-order valence-corrected chi connectivity index (χ0v) is 25.3. The molecule has 0 spiro atoms. The van der Waals surface area contributed by atoms with Crippen molar-refractivity contribution in [2.75, 3.05) is 19.6 Å². The Morgan fingerprint density at radius 1 is 1.00 bits per heavy atom. The monoisotopic (exact) mass is 569 g/mol. The molecule has 1 aliphatic heterocycles. The third kappa shape index (κ3) is 7.99. The molecule has 1 aliphatic carbocycles. The maximum atomic E-state index is 13.1. The Balaban J connectivity index is 1.32. The van der Waals surface area contributed by atoms with Crippen LogP contribution >= 0.6 is 0 Å². The molecule has 1 saturated carbocycles. The lowest BCUT2D eigenvalue weighted by Gasteiger charge is -2.37. The predicted molar refractivity (Wildman–Crippen MR) is 159 cm³/mol. The Morgan fingerprint density at radius 2 is 1.68 bits per heavy atom. The number of ether oxygens (including phenoxy) is 1. The molecule has 0 atom stereocenters. The summed E-state index contributed by atoms with van der Waals surface area (Å²) in [6.07, 6.45) is 6.82. The van der Waals surface area contributed by atoms with E-state index in [-0.39, 0.29) is 36.7 Å². The molecule has 3 amide bonds. The highest BCUT2D eigenvalue weighted by atomic mass is 16.6. The zero-order chi connectivity index (χ0) is 29.7. The topological polar surface area (TPSA) is 115 Å². The lowest BCUT2D eigenvalue weighted by Crippen LogP contribution is -2.43. The highest BCUT2D eigenvalue weighted by molar-refractivity contribution is 5.95. The van der Waals surface area contributed by atoms with E-state index in [1.54, 1.807) is 11.6 Å². The molecule has 0 bridgehead atoms. The summed E-state index contributed by atoms with van der Waals surface area (Å²) in [6.45, 7) is 10.4. The number of alkyl carbamates (subject to hydrolysis) is 1. The van der Waals surface area contributed by atoms with E-state index in [4.69, 9.17) is 4.74 Å². The van der Waals surface area contributed by atoms with Gasteiger partial charge in [0.15, 0.2) is 0 Å². The number of aromatic nitrogens is 2.